The number of halogens is 1. The summed E-state index contributed by atoms with van der Waals surface area (Å²) in [5.41, 5.74) is 1.40. The molecule has 2 nitrogen and oxygen atoms in total. The molecule has 0 aromatic carbocycles. The SMILES string of the molecule is COCC(CCCl)NCCc1ccsc1. The summed E-state index contributed by atoms with van der Waals surface area (Å²) in [5, 5.41) is 7.76. The van der Waals surface area contributed by atoms with Crippen molar-refractivity contribution in [3.05, 3.63) is 22.4 Å². The highest BCUT2D eigenvalue weighted by Crippen LogP contribution is 2.06. The van der Waals surface area contributed by atoms with Crippen molar-refractivity contribution in [1.29, 1.82) is 0 Å². The summed E-state index contributed by atoms with van der Waals surface area (Å²) in [7, 11) is 1.72. The van der Waals surface area contributed by atoms with Crippen molar-refractivity contribution in [3.8, 4) is 0 Å². The fourth-order valence-corrected chi connectivity index (χ4v) is 2.40. The maximum Gasteiger partial charge on any atom is 0.0616 e. The topological polar surface area (TPSA) is 21.3 Å². The van der Waals surface area contributed by atoms with E-state index in [0.717, 1.165) is 26.0 Å². The summed E-state index contributed by atoms with van der Waals surface area (Å²) in [4.78, 5) is 0. The quantitative estimate of drug-likeness (QED) is 0.713. The van der Waals surface area contributed by atoms with Crippen LogP contribution in [0.25, 0.3) is 0 Å². The summed E-state index contributed by atoms with van der Waals surface area (Å²) in [6.07, 6.45) is 2.03. The van der Waals surface area contributed by atoms with Gasteiger partial charge in [0.2, 0.25) is 0 Å². The van der Waals surface area contributed by atoms with Gasteiger partial charge in [0, 0.05) is 19.0 Å². The van der Waals surface area contributed by atoms with Crippen LogP contribution in [0, 0.1) is 0 Å². The number of hydrogen-bond donors (Lipinski definition) is 1. The van der Waals surface area contributed by atoms with Gasteiger partial charge in [0.1, 0.15) is 0 Å². The lowest BCUT2D eigenvalue weighted by atomic mass is 10.2. The lowest BCUT2D eigenvalue weighted by Crippen LogP contribution is -2.35. The summed E-state index contributed by atoms with van der Waals surface area (Å²) >= 11 is 7.46. The third-order valence-corrected chi connectivity index (χ3v) is 3.20. The lowest BCUT2D eigenvalue weighted by Gasteiger charge is -2.16. The molecule has 0 saturated heterocycles. The van der Waals surface area contributed by atoms with Crippen LogP contribution in [0.5, 0.6) is 0 Å². The fourth-order valence-electron chi connectivity index (χ4n) is 1.43. The minimum atomic E-state index is 0.381. The third-order valence-electron chi connectivity index (χ3n) is 2.25. The number of rotatable bonds is 8. The Morgan fingerprint density at radius 3 is 3.07 bits per heavy atom. The van der Waals surface area contributed by atoms with E-state index in [2.05, 4.69) is 22.1 Å². The number of thiophene rings is 1. The second kappa shape index (κ2) is 8.11. The second-order valence-corrected chi connectivity index (χ2v) is 4.62. The Bertz CT molecular complexity index is 235. The van der Waals surface area contributed by atoms with Crippen LogP contribution >= 0.6 is 22.9 Å². The van der Waals surface area contributed by atoms with Crippen molar-refractivity contribution >= 4 is 22.9 Å². The summed E-state index contributed by atoms with van der Waals surface area (Å²) < 4.78 is 5.13. The Balaban J connectivity index is 2.15. The van der Waals surface area contributed by atoms with Gasteiger partial charge in [-0.25, -0.2) is 0 Å². The largest absolute Gasteiger partial charge is 0.383 e. The molecule has 1 heterocycles. The maximum atomic E-state index is 5.72. The molecule has 0 saturated carbocycles. The van der Waals surface area contributed by atoms with E-state index in [1.54, 1.807) is 18.4 Å². The van der Waals surface area contributed by atoms with E-state index in [9.17, 15) is 0 Å². The van der Waals surface area contributed by atoms with Crippen LogP contribution in [0.15, 0.2) is 16.8 Å². The smallest absolute Gasteiger partial charge is 0.0616 e. The van der Waals surface area contributed by atoms with Crippen molar-refractivity contribution < 1.29 is 4.74 Å². The van der Waals surface area contributed by atoms with Gasteiger partial charge >= 0.3 is 0 Å². The van der Waals surface area contributed by atoms with E-state index < -0.39 is 0 Å². The molecule has 1 aromatic rings. The third kappa shape index (κ3) is 5.52. The van der Waals surface area contributed by atoms with Crippen molar-refractivity contribution in [3.63, 3.8) is 0 Å². The van der Waals surface area contributed by atoms with Crippen LogP contribution in [0.3, 0.4) is 0 Å². The van der Waals surface area contributed by atoms with Gasteiger partial charge in [-0.15, -0.1) is 11.6 Å². The number of nitrogens with one attached hydrogen (secondary N) is 1. The van der Waals surface area contributed by atoms with Crippen molar-refractivity contribution in [2.45, 2.75) is 18.9 Å². The van der Waals surface area contributed by atoms with E-state index in [-0.39, 0.29) is 0 Å². The van der Waals surface area contributed by atoms with Crippen LogP contribution in [0.2, 0.25) is 0 Å². The second-order valence-electron chi connectivity index (χ2n) is 3.47. The molecule has 0 amide bonds. The molecule has 86 valence electrons. The van der Waals surface area contributed by atoms with Gasteiger partial charge in [0.25, 0.3) is 0 Å². The Morgan fingerprint density at radius 2 is 2.47 bits per heavy atom. The molecule has 1 aromatic heterocycles. The van der Waals surface area contributed by atoms with Crippen LogP contribution < -0.4 is 5.32 Å². The minimum Gasteiger partial charge on any atom is -0.383 e. The monoisotopic (exact) mass is 247 g/mol. The minimum absolute atomic E-state index is 0.381. The first-order valence-electron chi connectivity index (χ1n) is 5.16. The Labute approximate surface area is 101 Å². The van der Waals surface area contributed by atoms with Crippen LogP contribution in [-0.2, 0) is 11.2 Å². The van der Waals surface area contributed by atoms with Crippen LogP contribution in [0.1, 0.15) is 12.0 Å². The standard InChI is InChI=1S/C11H18ClNOS/c1-14-8-11(2-5-12)13-6-3-10-4-7-15-9-10/h4,7,9,11,13H,2-3,5-6,8H2,1H3. The first-order valence-corrected chi connectivity index (χ1v) is 6.64. The maximum absolute atomic E-state index is 5.72. The summed E-state index contributed by atoms with van der Waals surface area (Å²) in [6, 6.07) is 2.55. The van der Waals surface area contributed by atoms with Gasteiger partial charge in [0.15, 0.2) is 0 Å². The molecular weight excluding hydrogens is 230 g/mol. The molecule has 4 heteroatoms. The van der Waals surface area contributed by atoms with E-state index in [1.807, 2.05) is 0 Å². The average Bonchev–Trinajstić information content (AvgIpc) is 2.71. The predicted molar refractivity (Wildman–Crippen MR) is 67.0 cm³/mol. The van der Waals surface area contributed by atoms with Crippen molar-refractivity contribution in [2.24, 2.45) is 0 Å². The molecule has 1 atom stereocenters. The highest BCUT2D eigenvalue weighted by Gasteiger charge is 2.06. The van der Waals surface area contributed by atoms with Gasteiger partial charge in [-0.3, -0.25) is 0 Å². The van der Waals surface area contributed by atoms with E-state index in [4.69, 9.17) is 16.3 Å². The Kier molecular flexibility index (Phi) is 7.01. The molecule has 1 N–H and O–H groups in total. The number of ether oxygens (including phenoxy) is 1. The van der Waals surface area contributed by atoms with E-state index >= 15 is 0 Å². The normalized spacial score (nSPS) is 12.9. The van der Waals surface area contributed by atoms with Gasteiger partial charge in [0.05, 0.1) is 6.61 Å². The zero-order chi connectivity index (χ0) is 10.9. The molecular formula is C11H18ClNOS. The molecule has 0 aliphatic carbocycles. The summed E-state index contributed by atoms with van der Waals surface area (Å²) in [5.74, 6) is 0.680. The predicted octanol–water partition coefficient (Wildman–Crippen LogP) is 2.52. The highest BCUT2D eigenvalue weighted by molar-refractivity contribution is 7.07. The molecule has 0 aliphatic rings. The van der Waals surface area contributed by atoms with Crippen LogP contribution in [-0.4, -0.2) is 32.2 Å². The molecule has 0 aliphatic heterocycles. The van der Waals surface area contributed by atoms with Gasteiger partial charge in [-0.2, -0.15) is 11.3 Å². The lowest BCUT2D eigenvalue weighted by molar-refractivity contribution is 0.165. The van der Waals surface area contributed by atoms with E-state index in [0.29, 0.717) is 11.9 Å². The number of alkyl halides is 1. The molecule has 0 spiro atoms. The first kappa shape index (κ1) is 13.0. The zero-order valence-electron chi connectivity index (χ0n) is 9.04. The Morgan fingerprint density at radius 1 is 1.60 bits per heavy atom. The highest BCUT2D eigenvalue weighted by atomic mass is 35.5. The average molecular weight is 248 g/mol. The summed E-state index contributed by atoms with van der Waals surface area (Å²) in [6.45, 7) is 1.72. The molecule has 0 radical (unpaired) electrons. The van der Waals surface area contributed by atoms with Gasteiger partial charge < -0.3 is 10.1 Å². The molecule has 0 fully saturated rings. The van der Waals surface area contributed by atoms with E-state index in [1.165, 1.54) is 5.56 Å². The van der Waals surface area contributed by atoms with Crippen molar-refractivity contribution in [1.82, 2.24) is 5.32 Å². The fraction of sp³-hybridized carbons (Fsp3) is 0.636. The molecule has 0 bridgehead atoms. The van der Waals surface area contributed by atoms with Crippen molar-refractivity contribution in [2.75, 3.05) is 26.1 Å². The van der Waals surface area contributed by atoms with Gasteiger partial charge in [-0.05, 0) is 41.8 Å². The van der Waals surface area contributed by atoms with Crippen LogP contribution in [0.4, 0.5) is 0 Å². The van der Waals surface area contributed by atoms with Gasteiger partial charge in [-0.1, -0.05) is 0 Å². The zero-order valence-corrected chi connectivity index (χ0v) is 10.6. The first-order chi connectivity index (χ1) is 7.36. The number of hydrogen-bond acceptors (Lipinski definition) is 3. The molecule has 1 unspecified atom stereocenters. The molecule has 15 heavy (non-hydrogen) atoms. The number of methoxy groups -OCH3 is 1. The Hall–Kier alpha value is -0.0900. The molecule has 1 rings (SSSR count).